The number of amides is 2. The average molecular weight is 408 g/mol. The van der Waals surface area contributed by atoms with Crippen molar-refractivity contribution in [3.05, 3.63) is 53.6 Å². The summed E-state index contributed by atoms with van der Waals surface area (Å²) in [5.74, 6) is -0.131. The van der Waals surface area contributed by atoms with E-state index in [2.05, 4.69) is 11.4 Å². The van der Waals surface area contributed by atoms with Crippen LogP contribution in [0.2, 0.25) is 0 Å². The van der Waals surface area contributed by atoms with Gasteiger partial charge in [0.15, 0.2) is 0 Å². The third-order valence-electron chi connectivity index (χ3n) is 5.58. The largest absolute Gasteiger partial charge is 0.446 e. The zero-order chi connectivity index (χ0) is 21.1. The zero-order valence-corrected chi connectivity index (χ0v) is 17.5. The molecule has 30 heavy (non-hydrogen) atoms. The highest BCUT2D eigenvalue weighted by Crippen LogP contribution is 2.37. The fraction of sp³-hybridized carbons (Fsp3) is 0.417. The Kier molecular flexibility index (Phi) is 6.04. The molecule has 1 saturated carbocycles. The summed E-state index contributed by atoms with van der Waals surface area (Å²) in [6.07, 6.45) is 4.14. The number of ether oxygens (including phenoxy) is 2. The first-order valence-corrected chi connectivity index (χ1v) is 10.6. The zero-order valence-electron chi connectivity index (χ0n) is 17.5. The number of carbonyl (C=O) groups is 2. The summed E-state index contributed by atoms with van der Waals surface area (Å²) in [5, 5.41) is 2.81. The number of benzene rings is 2. The molecule has 0 spiro atoms. The van der Waals surface area contributed by atoms with Crippen LogP contribution in [0.4, 0.5) is 21.9 Å². The van der Waals surface area contributed by atoms with E-state index in [0.717, 1.165) is 54.6 Å². The maximum absolute atomic E-state index is 13.2. The second kappa shape index (κ2) is 8.88. The number of fused-ring (bicyclic) bond motifs is 2. The minimum absolute atomic E-state index is 0.00712. The summed E-state index contributed by atoms with van der Waals surface area (Å²) in [5.41, 5.74) is 4.43. The van der Waals surface area contributed by atoms with Gasteiger partial charge in [0.2, 0.25) is 0 Å². The van der Waals surface area contributed by atoms with Gasteiger partial charge in [0.25, 0.3) is 5.91 Å². The Morgan fingerprint density at radius 3 is 2.50 bits per heavy atom. The Balaban J connectivity index is 1.64. The van der Waals surface area contributed by atoms with Gasteiger partial charge >= 0.3 is 6.09 Å². The van der Waals surface area contributed by atoms with E-state index in [-0.39, 0.29) is 24.7 Å². The van der Waals surface area contributed by atoms with Crippen LogP contribution < -0.4 is 10.2 Å². The molecule has 0 radical (unpaired) electrons. The van der Waals surface area contributed by atoms with Crippen molar-refractivity contribution >= 4 is 29.1 Å². The van der Waals surface area contributed by atoms with E-state index in [0.29, 0.717) is 5.69 Å². The fourth-order valence-corrected chi connectivity index (χ4v) is 3.76. The highest BCUT2D eigenvalue weighted by Gasteiger charge is 2.27. The molecule has 6 nitrogen and oxygen atoms in total. The minimum atomic E-state index is -0.449. The number of anilines is 3. The van der Waals surface area contributed by atoms with Crippen molar-refractivity contribution in [2.75, 3.05) is 16.8 Å². The molecule has 2 aliphatic rings. The molecule has 1 N–H and O–H groups in total. The molecule has 0 bridgehead atoms. The van der Waals surface area contributed by atoms with Gasteiger partial charge in [-0.1, -0.05) is 24.3 Å². The van der Waals surface area contributed by atoms with Gasteiger partial charge < -0.3 is 9.47 Å². The van der Waals surface area contributed by atoms with E-state index in [4.69, 9.17) is 9.47 Å². The minimum Gasteiger partial charge on any atom is -0.446 e. The van der Waals surface area contributed by atoms with E-state index in [9.17, 15) is 9.59 Å². The first kappa shape index (κ1) is 20.4. The van der Waals surface area contributed by atoms with Crippen molar-refractivity contribution < 1.29 is 19.1 Å². The maximum atomic E-state index is 13.2. The lowest BCUT2D eigenvalue weighted by Gasteiger charge is -2.27. The molecule has 158 valence electrons. The van der Waals surface area contributed by atoms with Gasteiger partial charge in [-0.05, 0) is 75.3 Å². The lowest BCUT2D eigenvalue weighted by molar-refractivity contribution is -0.123. The van der Waals surface area contributed by atoms with Crippen LogP contribution in [0.15, 0.2) is 42.5 Å². The van der Waals surface area contributed by atoms with E-state index in [1.54, 1.807) is 4.90 Å². The van der Waals surface area contributed by atoms with Gasteiger partial charge in [-0.3, -0.25) is 15.0 Å². The number of hydrogen-bond acceptors (Lipinski definition) is 4. The van der Waals surface area contributed by atoms with Gasteiger partial charge in [0, 0.05) is 5.69 Å². The molecular formula is C24H28N2O4. The Morgan fingerprint density at radius 1 is 1.07 bits per heavy atom. The predicted molar refractivity (Wildman–Crippen MR) is 116 cm³/mol. The molecule has 1 fully saturated rings. The molecule has 6 heteroatoms. The number of nitrogens with zero attached hydrogens (tertiary/aromatic N) is 1. The quantitative estimate of drug-likeness (QED) is 0.758. The van der Waals surface area contributed by atoms with Crippen molar-refractivity contribution in [2.24, 2.45) is 0 Å². The third-order valence-corrected chi connectivity index (χ3v) is 5.58. The lowest BCUT2D eigenvalue weighted by atomic mass is 9.96. The Labute approximate surface area is 177 Å². The number of rotatable bonds is 5. The standard InChI is InChI=1S/C24H28N2O4/c1-16(2)29-15-23(27)26-21-9-4-3-6-17(21)10-11-18-12-13-19(14-22(18)26)25-24(28)30-20-7-5-8-20/h3-4,6,9,12-14,16,20H,5,7-8,10-11,15H2,1-2H3,(H,25,28). The lowest BCUT2D eigenvalue weighted by Crippen LogP contribution is -2.31. The third kappa shape index (κ3) is 4.49. The van der Waals surface area contributed by atoms with Crippen LogP contribution in [0.25, 0.3) is 0 Å². The van der Waals surface area contributed by atoms with Crippen LogP contribution in [0, 0.1) is 0 Å². The summed E-state index contributed by atoms with van der Waals surface area (Å²) >= 11 is 0. The van der Waals surface area contributed by atoms with E-state index in [1.165, 1.54) is 0 Å². The first-order valence-electron chi connectivity index (χ1n) is 10.6. The van der Waals surface area contributed by atoms with E-state index in [1.807, 2.05) is 50.2 Å². The first-order chi connectivity index (χ1) is 14.5. The summed E-state index contributed by atoms with van der Waals surface area (Å²) in [6.45, 7) is 3.81. The van der Waals surface area contributed by atoms with Gasteiger partial charge in [0.05, 0.1) is 17.5 Å². The topological polar surface area (TPSA) is 67.9 Å². The monoisotopic (exact) mass is 408 g/mol. The van der Waals surface area contributed by atoms with Gasteiger partial charge in [-0.25, -0.2) is 4.79 Å². The Bertz CT molecular complexity index is 937. The average Bonchev–Trinajstić information content (AvgIpc) is 2.85. The number of carbonyl (C=O) groups excluding carboxylic acids is 2. The summed E-state index contributed by atoms with van der Waals surface area (Å²) in [7, 11) is 0. The molecule has 1 aliphatic carbocycles. The molecule has 1 heterocycles. The maximum Gasteiger partial charge on any atom is 0.411 e. The second-order valence-electron chi connectivity index (χ2n) is 8.14. The van der Waals surface area contributed by atoms with Crippen molar-refractivity contribution in [3.63, 3.8) is 0 Å². The number of para-hydroxylation sites is 1. The second-order valence-corrected chi connectivity index (χ2v) is 8.14. The van der Waals surface area contributed by atoms with Crippen molar-refractivity contribution in [1.29, 1.82) is 0 Å². The molecular weight excluding hydrogens is 380 g/mol. The highest BCUT2D eigenvalue weighted by molar-refractivity contribution is 6.03. The summed E-state index contributed by atoms with van der Waals surface area (Å²) in [6, 6.07) is 13.6. The van der Waals surface area contributed by atoms with Crippen LogP contribution >= 0.6 is 0 Å². The molecule has 4 rings (SSSR count). The molecule has 2 aromatic rings. The molecule has 0 saturated heterocycles. The van der Waals surface area contributed by atoms with Crippen molar-refractivity contribution in [1.82, 2.24) is 0 Å². The van der Waals surface area contributed by atoms with E-state index < -0.39 is 6.09 Å². The van der Waals surface area contributed by atoms with Crippen LogP contribution in [0.5, 0.6) is 0 Å². The molecule has 2 aromatic carbocycles. The molecule has 0 aromatic heterocycles. The Morgan fingerprint density at radius 2 is 1.80 bits per heavy atom. The highest BCUT2D eigenvalue weighted by atomic mass is 16.6. The normalized spacial score (nSPS) is 15.6. The molecule has 0 atom stereocenters. The van der Waals surface area contributed by atoms with Crippen molar-refractivity contribution in [3.8, 4) is 0 Å². The summed E-state index contributed by atoms with van der Waals surface area (Å²) in [4.78, 5) is 27.1. The number of aryl methyl sites for hydroxylation is 2. The molecule has 2 amide bonds. The van der Waals surface area contributed by atoms with Crippen LogP contribution in [0.1, 0.15) is 44.2 Å². The number of hydrogen-bond donors (Lipinski definition) is 1. The van der Waals surface area contributed by atoms with Crippen LogP contribution in [-0.2, 0) is 27.1 Å². The fourth-order valence-electron chi connectivity index (χ4n) is 3.76. The van der Waals surface area contributed by atoms with Crippen LogP contribution in [0.3, 0.4) is 0 Å². The van der Waals surface area contributed by atoms with Gasteiger partial charge in [-0.2, -0.15) is 0 Å². The van der Waals surface area contributed by atoms with Gasteiger partial charge in [-0.15, -0.1) is 0 Å². The van der Waals surface area contributed by atoms with Gasteiger partial charge in [0.1, 0.15) is 12.7 Å². The van der Waals surface area contributed by atoms with E-state index >= 15 is 0 Å². The smallest absolute Gasteiger partial charge is 0.411 e. The van der Waals surface area contributed by atoms with Crippen LogP contribution in [-0.4, -0.2) is 30.8 Å². The molecule has 0 unspecified atom stereocenters. The Hall–Kier alpha value is -2.86. The SMILES string of the molecule is CC(C)OCC(=O)N1c2ccccc2CCc2ccc(NC(=O)OC3CCC3)cc21. The predicted octanol–water partition coefficient (Wildman–Crippen LogP) is 4.98. The van der Waals surface area contributed by atoms with Crippen molar-refractivity contribution in [2.45, 2.75) is 58.2 Å². The summed E-state index contributed by atoms with van der Waals surface area (Å²) < 4.78 is 11.0. The number of nitrogens with one attached hydrogen (secondary N) is 1. The molecule has 1 aliphatic heterocycles.